The van der Waals surface area contributed by atoms with Crippen molar-refractivity contribution < 1.29 is 17.9 Å². The minimum Gasteiger partial charge on any atom is -0.446 e. The molecule has 2 aliphatic rings. The van der Waals surface area contributed by atoms with Crippen molar-refractivity contribution in [1.29, 1.82) is 0 Å². The highest BCUT2D eigenvalue weighted by molar-refractivity contribution is 7.89. The second kappa shape index (κ2) is 7.92. The van der Waals surface area contributed by atoms with Gasteiger partial charge < -0.3 is 15.0 Å². The number of nitrogens with one attached hydrogen (secondary N) is 3. The summed E-state index contributed by atoms with van der Waals surface area (Å²) in [6.45, 7) is 4.20. The Hall–Kier alpha value is -2.59. The fourth-order valence-electron chi connectivity index (χ4n) is 3.83. The highest BCUT2D eigenvalue weighted by Gasteiger charge is 2.31. The third-order valence-electron chi connectivity index (χ3n) is 5.83. The van der Waals surface area contributed by atoms with Crippen LogP contribution in [0.1, 0.15) is 50.3 Å². The van der Waals surface area contributed by atoms with Crippen molar-refractivity contribution in [2.24, 2.45) is 0 Å². The third-order valence-corrected chi connectivity index (χ3v) is 7.33. The minimum absolute atomic E-state index is 0.0884. The summed E-state index contributed by atoms with van der Waals surface area (Å²) in [7, 11) is -1.62. The van der Waals surface area contributed by atoms with E-state index in [9.17, 15) is 13.2 Å². The number of carbonyl (C=O) groups is 1. The molecule has 4 rings (SSSR count). The van der Waals surface area contributed by atoms with E-state index < -0.39 is 10.0 Å². The van der Waals surface area contributed by atoms with Crippen LogP contribution in [0.3, 0.4) is 0 Å². The van der Waals surface area contributed by atoms with Gasteiger partial charge in [-0.05, 0) is 56.9 Å². The summed E-state index contributed by atoms with van der Waals surface area (Å²) in [5, 5.41) is 10.6. The molecule has 3 N–H and O–H groups in total. The molecule has 2 atom stereocenters. The van der Waals surface area contributed by atoms with E-state index in [1.807, 2.05) is 26.0 Å². The predicted molar refractivity (Wildman–Crippen MR) is 112 cm³/mol. The first-order chi connectivity index (χ1) is 14.2. The lowest BCUT2D eigenvalue weighted by Gasteiger charge is -2.23. The van der Waals surface area contributed by atoms with Crippen LogP contribution in [-0.2, 0) is 21.3 Å². The molecule has 1 amide bonds. The van der Waals surface area contributed by atoms with Crippen molar-refractivity contribution >= 4 is 27.6 Å². The van der Waals surface area contributed by atoms with Crippen LogP contribution in [0.25, 0.3) is 0 Å². The van der Waals surface area contributed by atoms with E-state index in [4.69, 9.17) is 4.74 Å². The molecule has 1 aliphatic carbocycles. The van der Waals surface area contributed by atoms with Crippen molar-refractivity contribution in [2.75, 3.05) is 12.4 Å². The maximum atomic E-state index is 12.1. The van der Waals surface area contributed by atoms with Gasteiger partial charge in [0.2, 0.25) is 10.0 Å². The van der Waals surface area contributed by atoms with Crippen molar-refractivity contribution in [1.82, 2.24) is 19.8 Å². The number of hydrogen-bond acceptors (Lipinski definition) is 6. The first-order valence-corrected chi connectivity index (χ1v) is 11.6. The number of sulfonamides is 1. The quantitative estimate of drug-likeness (QED) is 0.667. The standard InChI is InChI=1S/C20H27N5O4S/c1-12(2)25(3)20(26)29-16-6-4-13(9-16)17-10-19(24-23-17)22-15-5-7-18-14(8-15)11-21-30(18,27)28/h5,7-8,10,12-13,16,21H,4,6,9,11H2,1-3H3,(H2,22,23,24)/t13-,16+/m0/s1. The number of carbonyl (C=O) groups excluding carboxylic acids is 1. The number of rotatable bonds is 5. The molecule has 30 heavy (non-hydrogen) atoms. The van der Waals surface area contributed by atoms with Crippen LogP contribution < -0.4 is 10.0 Å². The second-order valence-corrected chi connectivity index (χ2v) is 9.94. The maximum absolute atomic E-state index is 12.1. The number of anilines is 2. The Bertz CT molecular complexity index is 1050. The Morgan fingerprint density at radius 3 is 2.87 bits per heavy atom. The number of ether oxygens (including phenoxy) is 1. The summed E-state index contributed by atoms with van der Waals surface area (Å²) < 4.78 is 31.8. The Morgan fingerprint density at radius 1 is 1.30 bits per heavy atom. The van der Waals surface area contributed by atoms with Crippen LogP contribution >= 0.6 is 0 Å². The van der Waals surface area contributed by atoms with Crippen LogP contribution in [0.2, 0.25) is 0 Å². The summed E-state index contributed by atoms with van der Waals surface area (Å²) in [6.07, 6.45) is 2.15. The second-order valence-electron chi connectivity index (χ2n) is 8.20. The summed E-state index contributed by atoms with van der Waals surface area (Å²) in [4.78, 5) is 14.1. The number of aromatic amines is 1. The lowest BCUT2D eigenvalue weighted by atomic mass is 10.0. The average Bonchev–Trinajstić information content (AvgIpc) is 3.41. The number of benzene rings is 1. The zero-order valence-corrected chi connectivity index (χ0v) is 18.1. The summed E-state index contributed by atoms with van der Waals surface area (Å²) in [5.41, 5.74) is 2.52. The van der Waals surface area contributed by atoms with Gasteiger partial charge >= 0.3 is 6.09 Å². The fraction of sp³-hybridized carbons (Fsp3) is 0.500. The van der Waals surface area contributed by atoms with E-state index >= 15 is 0 Å². The topological polar surface area (TPSA) is 116 Å². The Labute approximate surface area is 176 Å². The molecular weight excluding hydrogens is 406 g/mol. The van der Waals surface area contributed by atoms with Crippen LogP contribution in [0.4, 0.5) is 16.3 Å². The zero-order valence-electron chi connectivity index (χ0n) is 17.3. The van der Waals surface area contributed by atoms with Gasteiger partial charge in [-0.1, -0.05) is 0 Å². The molecule has 0 saturated heterocycles. The Morgan fingerprint density at radius 2 is 2.10 bits per heavy atom. The van der Waals surface area contributed by atoms with E-state index in [2.05, 4.69) is 20.2 Å². The molecular formula is C20H27N5O4S. The highest BCUT2D eigenvalue weighted by Crippen LogP contribution is 2.36. The molecule has 1 fully saturated rings. The summed E-state index contributed by atoms with van der Waals surface area (Å²) >= 11 is 0. The summed E-state index contributed by atoms with van der Waals surface area (Å²) in [5.74, 6) is 0.920. The van der Waals surface area contributed by atoms with E-state index in [1.54, 1.807) is 24.1 Å². The lowest BCUT2D eigenvalue weighted by Crippen LogP contribution is -2.35. The van der Waals surface area contributed by atoms with E-state index in [1.165, 1.54) is 0 Å². The van der Waals surface area contributed by atoms with Crippen molar-refractivity contribution in [3.8, 4) is 0 Å². The van der Waals surface area contributed by atoms with Crippen LogP contribution in [0, 0.1) is 0 Å². The molecule has 162 valence electrons. The number of nitrogens with zero attached hydrogens (tertiary/aromatic N) is 2. The number of hydrogen-bond donors (Lipinski definition) is 3. The maximum Gasteiger partial charge on any atom is 0.410 e. The molecule has 1 aliphatic heterocycles. The highest BCUT2D eigenvalue weighted by atomic mass is 32.2. The van der Waals surface area contributed by atoms with E-state index in [-0.39, 0.29) is 24.2 Å². The number of aromatic nitrogens is 2. The van der Waals surface area contributed by atoms with Crippen LogP contribution in [0.5, 0.6) is 0 Å². The zero-order chi connectivity index (χ0) is 21.5. The van der Waals surface area contributed by atoms with E-state index in [0.29, 0.717) is 17.3 Å². The molecule has 1 aromatic heterocycles. The fourth-order valence-corrected chi connectivity index (χ4v) is 5.06. The molecule has 0 unspecified atom stereocenters. The third kappa shape index (κ3) is 4.15. The Balaban J connectivity index is 1.37. The van der Waals surface area contributed by atoms with Gasteiger partial charge in [0.25, 0.3) is 0 Å². The average molecular weight is 434 g/mol. The SMILES string of the molecule is CC(C)N(C)C(=O)O[C@@H]1CC[C@H](c2cc(Nc3ccc4c(c3)CNS4(=O)=O)n[nH]2)C1. The molecule has 1 saturated carbocycles. The van der Waals surface area contributed by atoms with Crippen molar-refractivity contribution in [3.05, 3.63) is 35.5 Å². The van der Waals surface area contributed by atoms with E-state index in [0.717, 1.165) is 36.2 Å². The van der Waals surface area contributed by atoms with Gasteiger partial charge in [-0.3, -0.25) is 5.10 Å². The smallest absolute Gasteiger partial charge is 0.410 e. The molecule has 9 nitrogen and oxygen atoms in total. The van der Waals surface area contributed by atoms with Gasteiger partial charge in [0, 0.05) is 43.0 Å². The Kier molecular flexibility index (Phi) is 5.46. The lowest BCUT2D eigenvalue weighted by molar-refractivity contribution is 0.0645. The van der Waals surface area contributed by atoms with Gasteiger partial charge in [0.15, 0.2) is 5.82 Å². The molecule has 0 bridgehead atoms. The predicted octanol–water partition coefficient (Wildman–Crippen LogP) is 3.06. The van der Waals surface area contributed by atoms with Crippen molar-refractivity contribution in [2.45, 2.75) is 62.6 Å². The van der Waals surface area contributed by atoms with Gasteiger partial charge in [-0.2, -0.15) is 5.10 Å². The summed E-state index contributed by atoms with van der Waals surface area (Å²) in [6, 6.07) is 7.21. The first-order valence-electron chi connectivity index (χ1n) is 10.1. The van der Waals surface area contributed by atoms with Crippen molar-refractivity contribution in [3.63, 3.8) is 0 Å². The molecule has 2 aromatic rings. The number of amides is 1. The minimum atomic E-state index is -3.36. The largest absolute Gasteiger partial charge is 0.446 e. The number of fused-ring (bicyclic) bond motifs is 1. The monoisotopic (exact) mass is 433 g/mol. The van der Waals surface area contributed by atoms with Gasteiger partial charge in [0.05, 0.1) is 4.90 Å². The van der Waals surface area contributed by atoms with Gasteiger partial charge in [-0.25, -0.2) is 17.9 Å². The van der Waals surface area contributed by atoms with Crippen LogP contribution in [-0.4, -0.2) is 48.8 Å². The molecule has 0 spiro atoms. The van der Waals surface area contributed by atoms with Gasteiger partial charge in [-0.15, -0.1) is 0 Å². The van der Waals surface area contributed by atoms with Crippen LogP contribution in [0.15, 0.2) is 29.2 Å². The molecule has 10 heteroatoms. The normalized spacial score (nSPS) is 22.1. The molecule has 1 aromatic carbocycles. The first kappa shape index (κ1) is 20.7. The molecule has 2 heterocycles. The van der Waals surface area contributed by atoms with Gasteiger partial charge in [0.1, 0.15) is 6.10 Å². The molecule has 0 radical (unpaired) electrons. The number of H-pyrrole nitrogens is 1.